The van der Waals surface area contributed by atoms with E-state index in [1.54, 1.807) is 6.07 Å². The van der Waals surface area contributed by atoms with E-state index in [-0.39, 0.29) is 17.5 Å². The highest BCUT2D eigenvalue weighted by Gasteiger charge is 2.24. The van der Waals surface area contributed by atoms with Gasteiger partial charge in [-0.2, -0.15) is 0 Å². The minimum Gasteiger partial charge on any atom is -0.508 e. The number of rotatable bonds is 2. The van der Waals surface area contributed by atoms with E-state index in [2.05, 4.69) is 18.7 Å². The van der Waals surface area contributed by atoms with Crippen LogP contribution in [-0.4, -0.2) is 29.1 Å². The molecule has 1 N–H and O–H groups in total. The predicted molar refractivity (Wildman–Crippen MR) is 66.7 cm³/mol. The fraction of sp³-hybridized carbons (Fsp3) is 0.571. The molecule has 1 aromatic rings. The van der Waals surface area contributed by atoms with Gasteiger partial charge in [-0.1, -0.05) is 0 Å². The monoisotopic (exact) mass is 237 g/mol. The van der Waals surface area contributed by atoms with Crippen molar-refractivity contribution in [2.45, 2.75) is 38.6 Å². The second-order valence-electron chi connectivity index (χ2n) is 5.11. The zero-order chi connectivity index (χ0) is 12.4. The van der Waals surface area contributed by atoms with Crippen molar-refractivity contribution in [3.8, 4) is 5.75 Å². The van der Waals surface area contributed by atoms with Crippen molar-refractivity contribution in [1.82, 2.24) is 4.90 Å². The second kappa shape index (κ2) is 5.05. The van der Waals surface area contributed by atoms with Crippen LogP contribution < -0.4 is 0 Å². The summed E-state index contributed by atoms with van der Waals surface area (Å²) >= 11 is 0. The smallest absolute Gasteiger partial charge is 0.126 e. The molecule has 1 saturated heterocycles. The molecular weight excluding hydrogens is 217 g/mol. The molecule has 2 rings (SSSR count). The lowest BCUT2D eigenvalue weighted by molar-refractivity contribution is 0.170. The van der Waals surface area contributed by atoms with E-state index in [1.807, 2.05) is 0 Å². The van der Waals surface area contributed by atoms with Gasteiger partial charge in [0.05, 0.1) is 0 Å². The van der Waals surface area contributed by atoms with Gasteiger partial charge in [-0.25, -0.2) is 4.39 Å². The number of benzene rings is 1. The molecule has 0 spiro atoms. The lowest BCUT2D eigenvalue weighted by Crippen LogP contribution is -2.37. The Morgan fingerprint density at radius 2 is 1.94 bits per heavy atom. The summed E-state index contributed by atoms with van der Waals surface area (Å²) in [5.41, 5.74) is 0.674. The van der Waals surface area contributed by atoms with E-state index in [9.17, 15) is 9.50 Å². The summed E-state index contributed by atoms with van der Waals surface area (Å²) in [4.78, 5) is 2.41. The average molecular weight is 237 g/mol. The predicted octanol–water partition coefficient (Wildman–Crippen LogP) is 3.12. The number of hydrogen-bond donors (Lipinski definition) is 1. The second-order valence-corrected chi connectivity index (χ2v) is 5.11. The summed E-state index contributed by atoms with van der Waals surface area (Å²) in [5.74, 6) is 0.218. The normalized spacial score (nSPS) is 18.8. The maximum Gasteiger partial charge on any atom is 0.126 e. The van der Waals surface area contributed by atoms with E-state index >= 15 is 0 Å². The molecule has 0 amide bonds. The Bertz CT molecular complexity index is 384. The maximum absolute atomic E-state index is 13.7. The SMILES string of the molecule is CC(C)N1CCC(c2cc(O)ccc2F)CC1. The molecule has 94 valence electrons. The zero-order valence-electron chi connectivity index (χ0n) is 10.5. The van der Waals surface area contributed by atoms with Crippen LogP contribution in [0.4, 0.5) is 4.39 Å². The summed E-state index contributed by atoms with van der Waals surface area (Å²) in [6.07, 6.45) is 1.94. The van der Waals surface area contributed by atoms with Crippen LogP contribution in [0.15, 0.2) is 18.2 Å². The van der Waals surface area contributed by atoms with Gasteiger partial charge < -0.3 is 10.0 Å². The number of halogens is 1. The molecule has 0 saturated carbocycles. The van der Waals surface area contributed by atoms with Crippen molar-refractivity contribution in [1.29, 1.82) is 0 Å². The van der Waals surface area contributed by atoms with Gasteiger partial charge in [0.1, 0.15) is 11.6 Å². The Balaban J connectivity index is 2.07. The van der Waals surface area contributed by atoms with Gasteiger partial charge >= 0.3 is 0 Å². The highest BCUT2D eigenvalue weighted by molar-refractivity contribution is 5.31. The molecule has 1 fully saturated rings. The topological polar surface area (TPSA) is 23.5 Å². The van der Waals surface area contributed by atoms with Crippen LogP contribution in [-0.2, 0) is 0 Å². The fourth-order valence-corrected chi connectivity index (χ4v) is 2.57. The molecule has 0 aliphatic carbocycles. The molecular formula is C14H20FNO. The van der Waals surface area contributed by atoms with Crippen LogP contribution in [0.1, 0.15) is 38.2 Å². The zero-order valence-corrected chi connectivity index (χ0v) is 10.5. The first-order chi connectivity index (χ1) is 8.08. The van der Waals surface area contributed by atoms with Crippen LogP contribution in [0.25, 0.3) is 0 Å². The fourth-order valence-electron chi connectivity index (χ4n) is 2.57. The van der Waals surface area contributed by atoms with Crippen LogP contribution in [0.3, 0.4) is 0 Å². The minimum absolute atomic E-state index is 0.160. The van der Waals surface area contributed by atoms with Crippen molar-refractivity contribution < 1.29 is 9.50 Å². The van der Waals surface area contributed by atoms with E-state index < -0.39 is 0 Å². The van der Waals surface area contributed by atoms with Gasteiger partial charge in [0.15, 0.2) is 0 Å². The highest BCUT2D eigenvalue weighted by atomic mass is 19.1. The number of phenols is 1. The van der Waals surface area contributed by atoms with Gasteiger partial charge in [0.25, 0.3) is 0 Å². The van der Waals surface area contributed by atoms with Crippen LogP contribution >= 0.6 is 0 Å². The van der Waals surface area contributed by atoms with E-state index in [4.69, 9.17) is 0 Å². The summed E-state index contributed by atoms with van der Waals surface area (Å²) in [6.45, 7) is 6.40. The van der Waals surface area contributed by atoms with Crippen molar-refractivity contribution in [2.24, 2.45) is 0 Å². The van der Waals surface area contributed by atoms with Gasteiger partial charge in [-0.05, 0) is 69.5 Å². The lowest BCUT2D eigenvalue weighted by atomic mass is 9.88. The lowest BCUT2D eigenvalue weighted by Gasteiger charge is -2.34. The molecule has 0 radical (unpaired) electrons. The highest BCUT2D eigenvalue weighted by Crippen LogP contribution is 2.32. The number of phenolic OH excluding ortho intramolecular Hbond substituents is 1. The minimum atomic E-state index is -0.189. The standard InChI is InChI=1S/C14H20FNO/c1-10(2)16-7-5-11(6-8-16)13-9-12(17)3-4-14(13)15/h3-4,9-11,17H,5-8H2,1-2H3. The summed E-state index contributed by atoms with van der Waals surface area (Å²) in [7, 11) is 0. The molecule has 0 aromatic heterocycles. The molecule has 0 unspecified atom stereocenters. The van der Waals surface area contributed by atoms with Crippen molar-refractivity contribution >= 4 is 0 Å². The molecule has 0 atom stereocenters. The Hall–Kier alpha value is -1.09. The quantitative estimate of drug-likeness (QED) is 0.854. The largest absolute Gasteiger partial charge is 0.508 e. The van der Waals surface area contributed by atoms with Crippen molar-refractivity contribution in [2.75, 3.05) is 13.1 Å². The molecule has 17 heavy (non-hydrogen) atoms. The first-order valence-electron chi connectivity index (χ1n) is 6.30. The number of piperidine rings is 1. The molecule has 3 heteroatoms. The number of aromatic hydroxyl groups is 1. The van der Waals surface area contributed by atoms with Gasteiger partial charge in [-0.15, -0.1) is 0 Å². The maximum atomic E-state index is 13.7. The average Bonchev–Trinajstić information content (AvgIpc) is 2.32. The Kier molecular flexibility index (Phi) is 3.67. The van der Waals surface area contributed by atoms with Gasteiger partial charge in [0.2, 0.25) is 0 Å². The third-order valence-electron chi connectivity index (χ3n) is 3.68. The molecule has 1 aliphatic rings. The Morgan fingerprint density at radius 1 is 1.29 bits per heavy atom. The number of nitrogens with zero attached hydrogens (tertiary/aromatic N) is 1. The van der Waals surface area contributed by atoms with Crippen LogP contribution in [0.5, 0.6) is 5.75 Å². The van der Waals surface area contributed by atoms with Crippen molar-refractivity contribution in [3.05, 3.63) is 29.6 Å². The van der Waals surface area contributed by atoms with Gasteiger partial charge in [0, 0.05) is 6.04 Å². The molecule has 1 heterocycles. The third kappa shape index (κ3) is 2.78. The molecule has 1 aliphatic heterocycles. The number of likely N-dealkylation sites (tertiary alicyclic amines) is 1. The van der Waals surface area contributed by atoms with E-state index in [1.165, 1.54) is 12.1 Å². The third-order valence-corrected chi connectivity index (χ3v) is 3.68. The first kappa shape index (κ1) is 12.4. The first-order valence-corrected chi connectivity index (χ1v) is 6.30. The summed E-state index contributed by atoms with van der Waals surface area (Å²) < 4.78 is 13.7. The molecule has 1 aromatic carbocycles. The van der Waals surface area contributed by atoms with Crippen LogP contribution in [0.2, 0.25) is 0 Å². The van der Waals surface area contributed by atoms with E-state index in [0.717, 1.165) is 25.9 Å². The number of hydrogen-bond acceptors (Lipinski definition) is 2. The summed E-state index contributed by atoms with van der Waals surface area (Å²) in [6, 6.07) is 4.90. The van der Waals surface area contributed by atoms with E-state index in [0.29, 0.717) is 11.6 Å². The van der Waals surface area contributed by atoms with Gasteiger partial charge in [-0.3, -0.25) is 0 Å². The Morgan fingerprint density at radius 3 is 2.53 bits per heavy atom. The molecule has 2 nitrogen and oxygen atoms in total. The summed E-state index contributed by atoms with van der Waals surface area (Å²) in [5, 5.41) is 9.43. The molecule has 0 bridgehead atoms. The Labute approximate surface area is 102 Å². The van der Waals surface area contributed by atoms with Crippen molar-refractivity contribution in [3.63, 3.8) is 0 Å². The van der Waals surface area contributed by atoms with Crippen LogP contribution in [0, 0.1) is 5.82 Å².